The summed E-state index contributed by atoms with van der Waals surface area (Å²) in [6.07, 6.45) is -0.0906. The number of carbonyl (C=O) groups excluding carboxylic acids is 1. The lowest BCUT2D eigenvalue weighted by Crippen LogP contribution is -2.19. The first-order valence-corrected chi connectivity index (χ1v) is 5.69. The SMILES string of the molecule is CCn1c(Cc2c(F)cccc2F)nnc1C(N)=O. The lowest BCUT2D eigenvalue weighted by atomic mass is 10.1. The lowest BCUT2D eigenvalue weighted by molar-refractivity contribution is 0.0986. The molecule has 5 nitrogen and oxygen atoms in total. The maximum atomic E-state index is 13.5. The van der Waals surface area contributed by atoms with Gasteiger partial charge in [0.05, 0.1) is 0 Å². The van der Waals surface area contributed by atoms with Crippen molar-refractivity contribution >= 4 is 5.91 Å². The quantitative estimate of drug-likeness (QED) is 0.905. The molecule has 2 aromatic rings. The van der Waals surface area contributed by atoms with Crippen molar-refractivity contribution in [2.24, 2.45) is 5.73 Å². The maximum Gasteiger partial charge on any atom is 0.286 e. The summed E-state index contributed by atoms with van der Waals surface area (Å²) in [6, 6.07) is 3.62. The molecule has 2 rings (SSSR count). The van der Waals surface area contributed by atoms with Gasteiger partial charge in [-0.1, -0.05) is 6.07 Å². The third-order valence-corrected chi connectivity index (χ3v) is 2.76. The number of nitrogens with zero attached hydrogens (tertiary/aromatic N) is 3. The zero-order valence-corrected chi connectivity index (χ0v) is 10.2. The Morgan fingerprint density at radius 3 is 2.47 bits per heavy atom. The van der Waals surface area contributed by atoms with E-state index in [4.69, 9.17) is 5.73 Å². The van der Waals surface area contributed by atoms with Crippen LogP contribution in [-0.4, -0.2) is 20.7 Å². The van der Waals surface area contributed by atoms with Crippen LogP contribution in [0.1, 0.15) is 28.9 Å². The van der Waals surface area contributed by atoms with Gasteiger partial charge in [0.15, 0.2) is 0 Å². The summed E-state index contributed by atoms with van der Waals surface area (Å²) >= 11 is 0. The molecular formula is C12H12F2N4O. The number of nitrogens with two attached hydrogens (primary N) is 1. The van der Waals surface area contributed by atoms with E-state index in [1.54, 1.807) is 6.92 Å². The molecule has 1 aromatic heterocycles. The molecule has 0 bridgehead atoms. The highest BCUT2D eigenvalue weighted by Gasteiger charge is 2.18. The second-order valence-corrected chi connectivity index (χ2v) is 3.93. The summed E-state index contributed by atoms with van der Waals surface area (Å²) in [5, 5.41) is 7.40. The Hall–Kier alpha value is -2.31. The molecule has 0 spiro atoms. The Balaban J connectivity index is 2.42. The second-order valence-electron chi connectivity index (χ2n) is 3.93. The summed E-state index contributed by atoms with van der Waals surface area (Å²) in [5.41, 5.74) is 5.04. The van der Waals surface area contributed by atoms with Crippen molar-refractivity contribution in [3.8, 4) is 0 Å². The average molecular weight is 266 g/mol. The van der Waals surface area contributed by atoms with E-state index in [-0.39, 0.29) is 17.8 Å². The monoisotopic (exact) mass is 266 g/mol. The Morgan fingerprint density at radius 2 is 1.95 bits per heavy atom. The zero-order chi connectivity index (χ0) is 14.0. The van der Waals surface area contributed by atoms with Crippen LogP contribution in [0.4, 0.5) is 8.78 Å². The summed E-state index contributed by atoms with van der Waals surface area (Å²) in [4.78, 5) is 11.1. The lowest BCUT2D eigenvalue weighted by Gasteiger charge is -2.07. The minimum Gasteiger partial charge on any atom is -0.363 e. The molecule has 1 heterocycles. The fourth-order valence-electron chi connectivity index (χ4n) is 1.84. The van der Waals surface area contributed by atoms with E-state index in [0.717, 1.165) is 0 Å². The van der Waals surface area contributed by atoms with Gasteiger partial charge in [-0.2, -0.15) is 0 Å². The fraction of sp³-hybridized carbons (Fsp3) is 0.250. The number of carbonyl (C=O) groups is 1. The van der Waals surface area contributed by atoms with Gasteiger partial charge in [-0.25, -0.2) is 8.78 Å². The van der Waals surface area contributed by atoms with Crippen molar-refractivity contribution in [3.63, 3.8) is 0 Å². The molecule has 0 aliphatic carbocycles. The van der Waals surface area contributed by atoms with E-state index in [9.17, 15) is 13.6 Å². The number of rotatable bonds is 4. The predicted molar refractivity (Wildman–Crippen MR) is 63.4 cm³/mol. The Labute approximate surface area is 108 Å². The molecular weight excluding hydrogens is 254 g/mol. The summed E-state index contributed by atoms with van der Waals surface area (Å²) < 4.78 is 28.5. The Bertz CT molecular complexity index is 604. The molecule has 100 valence electrons. The first-order chi connectivity index (χ1) is 9.04. The number of halogens is 2. The average Bonchev–Trinajstić information content (AvgIpc) is 2.77. The van der Waals surface area contributed by atoms with E-state index in [1.165, 1.54) is 22.8 Å². The summed E-state index contributed by atoms with van der Waals surface area (Å²) in [7, 11) is 0. The first kappa shape index (κ1) is 13.1. The highest BCUT2D eigenvalue weighted by atomic mass is 19.1. The molecule has 0 atom stereocenters. The molecule has 0 saturated heterocycles. The highest BCUT2D eigenvalue weighted by molar-refractivity contribution is 5.89. The molecule has 19 heavy (non-hydrogen) atoms. The van der Waals surface area contributed by atoms with Crippen molar-refractivity contribution in [3.05, 3.63) is 47.0 Å². The van der Waals surface area contributed by atoms with Gasteiger partial charge < -0.3 is 10.3 Å². The van der Waals surface area contributed by atoms with Crippen molar-refractivity contribution in [2.45, 2.75) is 19.9 Å². The van der Waals surface area contributed by atoms with E-state index < -0.39 is 17.5 Å². The smallest absolute Gasteiger partial charge is 0.286 e. The second kappa shape index (κ2) is 5.13. The molecule has 0 radical (unpaired) electrons. The third kappa shape index (κ3) is 2.44. The molecule has 2 N–H and O–H groups in total. The van der Waals surface area contributed by atoms with Gasteiger partial charge in [-0.3, -0.25) is 4.79 Å². The van der Waals surface area contributed by atoms with E-state index in [0.29, 0.717) is 12.4 Å². The molecule has 0 fully saturated rings. The topological polar surface area (TPSA) is 73.8 Å². The maximum absolute atomic E-state index is 13.5. The van der Waals surface area contributed by atoms with Crippen LogP contribution in [0.5, 0.6) is 0 Å². The molecule has 7 heteroatoms. The fourth-order valence-corrected chi connectivity index (χ4v) is 1.84. The van der Waals surface area contributed by atoms with Gasteiger partial charge in [-0.15, -0.1) is 10.2 Å². The van der Waals surface area contributed by atoms with Gasteiger partial charge in [0.2, 0.25) is 5.82 Å². The van der Waals surface area contributed by atoms with Crippen molar-refractivity contribution < 1.29 is 13.6 Å². The number of benzene rings is 1. The van der Waals surface area contributed by atoms with Crippen LogP contribution in [0.2, 0.25) is 0 Å². The summed E-state index contributed by atoms with van der Waals surface area (Å²) in [6.45, 7) is 2.15. The third-order valence-electron chi connectivity index (χ3n) is 2.76. The van der Waals surface area contributed by atoms with Gasteiger partial charge >= 0.3 is 0 Å². The minimum absolute atomic E-state index is 0.0192. The molecule has 1 aromatic carbocycles. The Kier molecular flexibility index (Phi) is 3.55. The predicted octanol–water partition coefficient (Wildman–Crippen LogP) is 1.27. The van der Waals surface area contributed by atoms with Crippen LogP contribution in [0, 0.1) is 11.6 Å². The summed E-state index contributed by atoms with van der Waals surface area (Å²) in [5.74, 6) is -1.78. The molecule has 0 aliphatic rings. The molecule has 0 aliphatic heterocycles. The van der Waals surface area contributed by atoms with Crippen LogP contribution < -0.4 is 5.73 Å². The molecule has 0 saturated carbocycles. The molecule has 0 unspecified atom stereocenters. The van der Waals surface area contributed by atoms with Crippen LogP contribution in [0.3, 0.4) is 0 Å². The number of aromatic nitrogens is 3. The normalized spacial score (nSPS) is 10.7. The van der Waals surface area contributed by atoms with Crippen LogP contribution in [0.25, 0.3) is 0 Å². The van der Waals surface area contributed by atoms with Crippen LogP contribution in [-0.2, 0) is 13.0 Å². The number of primary amides is 1. The van der Waals surface area contributed by atoms with Gasteiger partial charge in [-0.05, 0) is 19.1 Å². The first-order valence-electron chi connectivity index (χ1n) is 5.69. The highest BCUT2D eigenvalue weighted by Crippen LogP contribution is 2.16. The van der Waals surface area contributed by atoms with Crippen LogP contribution >= 0.6 is 0 Å². The number of hydrogen-bond donors (Lipinski definition) is 1. The largest absolute Gasteiger partial charge is 0.363 e. The van der Waals surface area contributed by atoms with Crippen molar-refractivity contribution in [1.29, 1.82) is 0 Å². The van der Waals surface area contributed by atoms with E-state index >= 15 is 0 Å². The number of hydrogen-bond acceptors (Lipinski definition) is 3. The Morgan fingerprint density at radius 1 is 1.32 bits per heavy atom. The van der Waals surface area contributed by atoms with Crippen molar-refractivity contribution in [2.75, 3.05) is 0 Å². The van der Waals surface area contributed by atoms with E-state index in [2.05, 4.69) is 10.2 Å². The van der Waals surface area contributed by atoms with Gasteiger partial charge in [0, 0.05) is 18.5 Å². The van der Waals surface area contributed by atoms with Crippen LogP contribution in [0.15, 0.2) is 18.2 Å². The minimum atomic E-state index is -0.727. The standard InChI is InChI=1S/C12H12F2N4O/c1-2-18-10(16-17-12(18)11(15)19)6-7-8(13)4-3-5-9(7)14/h3-5H,2,6H2,1H3,(H2,15,19). The van der Waals surface area contributed by atoms with Gasteiger partial charge in [0.25, 0.3) is 5.91 Å². The van der Waals surface area contributed by atoms with E-state index in [1.807, 2.05) is 0 Å². The zero-order valence-electron chi connectivity index (χ0n) is 10.2. The number of amides is 1. The van der Waals surface area contributed by atoms with Crippen molar-refractivity contribution in [1.82, 2.24) is 14.8 Å². The molecule has 1 amide bonds. The van der Waals surface area contributed by atoms with Gasteiger partial charge in [0.1, 0.15) is 17.5 Å².